The number of cyclic esters (lactones) is 1. The van der Waals surface area contributed by atoms with E-state index >= 15 is 0 Å². The van der Waals surface area contributed by atoms with Gasteiger partial charge in [-0.2, -0.15) is 5.06 Å². The molecule has 1 unspecified atom stereocenters. The second kappa shape index (κ2) is 11.9. The standard InChI is InChI=1S/C22H20N6O12S/c23-21-25-14(10-41-21)17(26-38-9-16(30)37-7-11-1-3-12(4-2-11)28(35)36)18(31)24-13-8-39-27(19(13)32)22(20(33)34)6-5-15(29)40-22/h1-4,10,13H,5-9H2,(H2,23,25)(H,24,31)(H,33,34)/t13-,22?/m0/s1. The molecular weight excluding hydrogens is 572 g/mol. The number of nitrogens with one attached hydrogen (secondary N) is 1. The van der Waals surface area contributed by atoms with Crippen molar-refractivity contribution in [1.29, 1.82) is 0 Å². The molecule has 1 aromatic carbocycles. The topological polar surface area (TPSA) is 252 Å². The van der Waals surface area contributed by atoms with Crippen LogP contribution in [0.3, 0.4) is 0 Å². The van der Waals surface area contributed by atoms with Gasteiger partial charge in [-0.25, -0.2) is 14.6 Å². The molecule has 216 valence electrons. The van der Waals surface area contributed by atoms with E-state index in [2.05, 4.69) is 15.5 Å². The summed E-state index contributed by atoms with van der Waals surface area (Å²) in [5, 5.41) is 28.1. The quantitative estimate of drug-likeness (QED) is 0.128. The normalized spacial score (nSPS) is 20.4. The van der Waals surface area contributed by atoms with Crippen molar-refractivity contribution in [2.45, 2.75) is 31.2 Å². The lowest BCUT2D eigenvalue weighted by Gasteiger charge is -2.30. The van der Waals surface area contributed by atoms with Crippen LogP contribution in [0.15, 0.2) is 34.8 Å². The van der Waals surface area contributed by atoms with Gasteiger partial charge in [0.2, 0.25) is 6.61 Å². The fraction of sp³-hybridized carbons (Fsp3) is 0.318. The number of rotatable bonds is 11. The summed E-state index contributed by atoms with van der Waals surface area (Å²) in [6.07, 6.45) is -0.612. The van der Waals surface area contributed by atoms with Crippen molar-refractivity contribution in [3.05, 3.63) is 51.0 Å². The van der Waals surface area contributed by atoms with E-state index in [4.69, 9.17) is 24.9 Å². The summed E-state index contributed by atoms with van der Waals surface area (Å²) in [5.41, 5.74) is 3.07. The van der Waals surface area contributed by atoms with Crippen LogP contribution in [0.1, 0.15) is 24.1 Å². The van der Waals surface area contributed by atoms with Gasteiger partial charge in [-0.1, -0.05) is 5.16 Å². The number of benzene rings is 1. The molecule has 19 heteroatoms. The van der Waals surface area contributed by atoms with Gasteiger partial charge < -0.3 is 30.5 Å². The van der Waals surface area contributed by atoms with Crippen LogP contribution < -0.4 is 11.1 Å². The molecule has 4 N–H and O–H groups in total. The summed E-state index contributed by atoms with van der Waals surface area (Å²) < 4.78 is 9.88. The number of anilines is 1. The first-order chi connectivity index (χ1) is 19.5. The van der Waals surface area contributed by atoms with Crippen LogP contribution in [-0.2, 0) is 49.7 Å². The van der Waals surface area contributed by atoms with Gasteiger partial charge >= 0.3 is 23.6 Å². The third-order valence-electron chi connectivity index (χ3n) is 5.65. The van der Waals surface area contributed by atoms with Crippen molar-refractivity contribution in [3.63, 3.8) is 0 Å². The molecular formula is C22H20N6O12S. The maximum Gasteiger partial charge on any atom is 0.372 e. The molecule has 2 aliphatic heterocycles. The number of nitrogen functional groups attached to an aromatic ring is 1. The van der Waals surface area contributed by atoms with Crippen molar-refractivity contribution < 1.29 is 53.2 Å². The molecule has 2 aliphatic rings. The fourth-order valence-corrected chi connectivity index (χ4v) is 4.20. The van der Waals surface area contributed by atoms with E-state index in [0.717, 1.165) is 11.3 Å². The van der Waals surface area contributed by atoms with Crippen LogP contribution in [0, 0.1) is 10.1 Å². The number of oxime groups is 1. The van der Waals surface area contributed by atoms with Crippen LogP contribution in [0.5, 0.6) is 0 Å². The molecule has 41 heavy (non-hydrogen) atoms. The summed E-state index contributed by atoms with van der Waals surface area (Å²) in [6, 6.07) is 3.91. The Labute approximate surface area is 232 Å². The molecule has 18 nitrogen and oxygen atoms in total. The summed E-state index contributed by atoms with van der Waals surface area (Å²) in [7, 11) is 0. The zero-order valence-electron chi connectivity index (χ0n) is 20.7. The number of thiazole rings is 1. The molecule has 4 rings (SSSR count). The van der Waals surface area contributed by atoms with Gasteiger partial charge in [-0.15, -0.1) is 11.3 Å². The maximum atomic E-state index is 13.0. The Balaban J connectivity index is 1.38. The number of hydrogen-bond acceptors (Lipinski definition) is 15. The Morgan fingerprint density at radius 3 is 2.63 bits per heavy atom. The Morgan fingerprint density at radius 2 is 2.05 bits per heavy atom. The maximum absolute atomic E-state index is 13.0. The monoisotopic (exact) mass is 592 g/mol. The van der Waals surface area contributed by atoms with Crippen LogP contribution >= 0.6 is 11.3 Å². The zero-order chi connectivity index (χ0) is 29.7. The molecule has 3 heterocycles. The third-order valence-corrected chi connectivity index (χ3v) is 6.33. The van der Waals surface area contributed by atoms with Gasteiger partial charge in [0.25, 0.3) is 17.5 Å². The average molecular weight is 592 g/mol. The smallest absolute Gasteiger partial charge is 0.372 e. The number of esters is 2. The number of nitro groups is 1. The van der Waals surface area contributed by atoms with E-state index in [1.165, 1.54) is 29.6 Å². The number of aliphatic carboxylic acids is 1. The molecule has 2 saturated heterocycles. The summed E-state index contributed by atoms with van der Waals surface area (Å²) in [5.74, 6) is -5.35. The number of hydroxylamine groups is 2. The first-order valence-corrected chi connectivity index (χ1v) is 12.4. The molecule has 2 atom stereocenters. The SMILES string of the molecule is Nc1nc(C(=NOCC(=O)OCc2ccc([N+](=O)[O-])cc2)C(=O)N[C@H]2CON(C3(C(=O)O)CCC(=O)O3)C2=O)cs1. The summed E-state index contributed by atoms with van der Waals surface area (Å²) >= 11 is 0.965. The number of nitro benzene ring substituents is 1. The van der Waals surface area contributed by atoms with E-state index in [0.29, 0.717) is 10.6 Å². The van der Waals surface area contributed by atoms with Gasteiger partial charge in [0.1, 0.15) is 24.9 Å². The van der Waals surface area contributed by atoms with Gasteiger partial charge in [-0.3, -0.25) is 29.3 Å². The minimum Gasteiger partial charge on any atom is -0.477 e. The number of hydrogen-bond donors (Lipinski definition) is 3. The predicted octanol–water partition coefficient (Wildman–Crippen LogP) is -0.526. The lowest BCUT2D eigenvalue weighted by atomic mass is 10.1. The molecule has 2 fully saturated rings. The average Bonchev–Trinajstić information content (AvgIpc) is 3.64. The minimum absolute atomic E-state index is 0.0563. The largest absolute Gasteiger partial charge is 0.477 e. The molecule has 0 aliphatic carbocycles. The Kier molecular flexibility index (Phi) is 8.38. The number of nitrogens with zero attached hydrogens (tertiary/aromatic N) is 4. The molecule has 0 saturated carbocycles. The highest BCUT2D eigenvalue weighted by Gasteiger charge is 2.59. The van der Waals surface area contributed by atoms with E-state index < -0.39 is 65.3 Å². The van der Waals surface area contributed by atoms with Crippen molar-refractivity contribution in [2.75, 3.05) is 18.9 Å². The number of carboxylic acids is 1. The summed E-state index contributed by atoms with van der Waals surface area (Å²) in [6.45, 7) is -1.44. The van der Waals surface area contributed by atoms with Gasteiger partial charge in [0.15, 0.2) is 10.8 Å². The number of ether oxygens (including phenoxy) is 2. The van der Waals surface area contributed by atoms with E-state index in [1.807, 2.05) is 0 Å². The second-order valence-corrected chi connectivity index (χ2v) is 9.28. The van der Waals surface area contributed by atoms with E-state index in [-0.39, 0.29) is 36.0 Å². The van der Waals surface area contributed by atoms with Gasteiger partial charge in [0, 0.05) is 23.9 Å². The number of amides is 2. The van der Waals surface area contributed by atoms with Crippen molar-refractivity contribution in [3.8, 4) is 0 Å². The molecule has 2 aromatic rings. The van der Waals surface area contributed by atoms with Gasteiger partial charge in [-0.05, 0) is 17.7 Å². The molecule has 0 bridgehead atoms. The minimum atomic E-state index is -2.37. The highest BCUT2D eigenvalue weighted by Crippen LogP contribution is 2.34. The lowest BCUT2D eigenvalue weighted by Crippen LogP contribution is -2.57. The molecule has 2 amide bonds. The van der Waals surface area contributed by atoms with Crippen LogP contribution in [0.25, 0.3) is 0 Å². The Bertz CT molecular complexity index is 1430. The number of non-ortho nitro benzene ring substituents is 1. The highest BCUT2D eigenvalue weighted by atomic mass is 32.1. The van der Waals surface area contributed by atoms with Crippen molar-refractivity contribution in [2.24, 2.45) is 5.16 Å². The van der Waals surface area contributed by atoms with Gasteiger partial charge in [0.05, 0.1) is 11.3 Å². The van der Waals surface area contributed by atoms with E-state index in [1.54, 1.807) is 0 Å². The van der Waals surface area contributed by atoms with Crippen LogP contribution in [0.2, 0.25) is 0 Å². The Hall–Kier alpha value is -5.17. The van der Waals surface area contributed by atoms with Crippen molar-refractivity contribution in [1.82, 2.24) is 15.4 Å². The van der Waals surface area contributed by atoms with Crippen LogP contribution in [-0.4, -0.2) is 80.5 Å². The van der Waals surface area contributed by atoms with Crippen molar-refractivity contribution >= 4 is 57.6 Å². The highest BCUT2D eigenvalue weighted by molar-refractivity contribution is 7.13. The van der Waals surface area contributed by atoms with Crippen LogP contribution in [0.4, 0.5) is 10.8 Å². The molecule has 0 radical (unpaired) electrons. The zero-order valence-corrected chi connectivity index (χ0v) is 21.5. The number of carbonyl (C=O) groups excluding carboxylic acids is 4. The van der Waals surface area contributed by atoms with E-state index in [9.17, 15) is 39.2 Å². The molecule has 0 spiro atoms. The number of carbonyl (C=O) groups is 5. The Morgan fingerprint density at radius 1 is 1.32 bits per heavy atom. The first-order valence-electron chi connectivity index (χ1n) is 11.5. The molecule has 1 aromatic heterocycles. The fourth-order valence-electron chi connectivity index (χ4n) is 3.65. The third kappa shape index (κ3) is 6.36. The number of aromatic nitrogens is 1. The first kappa shape index (κ1) is 28.8. The number of nitrogens with two attached hydrogens (primary N) is 1. The lowest BCUT2D eigenvalue weighted by molar-refractivity contribution is -0.384. The second-order valence-electron chi connectivity index (χ2n) is 8.39. The number of carboxylic acid groups (broad SMARTS) is 1. The predicted molar refractivity (Wildman–Crippen MR) is 132 cm³/mol. The summed E-state index contributed by atoms with van der Waals surface area (Å²) in [4.78, 5) is 85.6.